The molecular weight excluding hydrogens is 378 g/mol. The summed E-state index contributed by atoms with van der Waals surface area (Å²) in [6, 6.07) is 8.66. The average Bonchev–Trinajstić information content (AvgIpc) is 3.25. The van der Waals surface area contributed by atoms with Crippen molar-refractivity contribution in [2.45, 2.75) is 19.5 Å². The minimum absolute atomic E-state index is 0.128. The first-order chi connectivity index (χ1) is 14.1. The van der Waals surface area contributed by atoms with E-state index < -0.39 is 23.6 Å². The van der Waals surface area contributed by atoms with Crippen LogP contribution in [0.5, 0.6) is 0 Å². The number of rotatable bonds is 5. The summed E-state index contributed by atoms with van der Waals surface area (Å²) in [5, 5.41) is 13.6. The largest absolute Gasteiger partial charge is 0.467 e. The number of allylic oxidation sites excluding steroid dienone is 1. The van der Waals surface area contributed by atoms with Gasteiger partial charge in [0, 0.05) is 0 Å². The Kier molecular flexibility index (Phi) is 4.82. The van der Waals surface area contributed by atoms with Crippen molar-refractivity contribution in [2.24, 2.45) is 0 Å². The van der Waals surface area contributed by atoms with Crippen molar-refractivity contribution < 1.29 is 18.7 Å². The maximum absolute atomic E-state index is 12.8. The fraction of sp³-hybridized carbons (Fsp3) is 0.211. The number of nitrogens with one attached hydrogen (secondary N) is 2. The molecule has 148 valence electrons. The zero-order valence-corrected chi connectivity index (χ0v) is 15.4. The first kappa shape index (κ1) is 18.4. The topological polar surface area (TPSA) is 128 Å². The molecule has 1 aliphatic heterocycles. The van der Waals surface area contributed by atoms with E-state index >= 15 is 0 Å². The maximum Gasteiger partial charge on any atom is 0.338 e. The van der Waals surface area contributed by atoms with Crippen molar-refractivity contribution in [1.29, 1.82) is 0 Å². The van der Waals surface area contributed by atoms with Crippen molar-refractivity contribution in [3.63, 3.8) is 0 Å². The molecule has 29 heavy (non-hydrogen) atoms. The van der Waals surface area contributed by atoms with Crippen LogP contribution in [0.15, 0.2) is 63.1 Å². The van der Waals surface area contributed by atoms with Gasteiger partial charge in [0.15, 0.2) is 0 Å². The summed E-state index contributed by atoms with van der Waals surface area (Å²) in [7, 11) is 0. The number of fused-ring (bicyclic) bond motifs is 1. The first-order valence-corrected chi connectivity index (χ1v) is 8.92. The summed E-state index contributed by atoms with van der Waals surface area (Å²) in [5.41, 5.74) is 0.369. The van der Waals surface area contributed by atoms with Crippen LogP contribution in [-0.2, 0) is 16.1 Å². The zero-order chi connectivity index (χ0) is 20.4. The summed E-state index contributed by atoms with van der Waals surface area (Å²) in [5.74, 6) is -0.282. The van der Waals surface area contributed by atoms with Gasteiger partial charge in [0.25, 0.3) is 5.56 Å². The number of furan rings is 1. The van der Waals surface area contributed by atoms with Crippen LogP contribution in [0.25, 0.3) is 10.9 Å². The Morgan fingerprint density at radius 2 is 2.07 bits per heavy atom. The Bertz CT molecular complexity index is 1170. The number of urea groups is 1. The van der Waals surface area contributed by atoms with Gasteiger partial charge in [0.05, 0.1) is 36.1 Å². The zero-order valence-electron chi connectivity index (χ0n) is 15.4. The Hall–Kier alpha value is -3.95. The molecule has 0 radical (unpaired) electrons. The molecule has 4 rings (SSSR count). The van der Waals surface area contributed by atoms with Crippen molar-refractivity contribution in [2.75, 3.05) is 6.61 Å². The van der Waals surface area contributed by atoms with Crippen molar-refractivity contribution in [3.8, 4) is 0 Å². The van der Waals surface area contributed by atoms with Crippen LogP contribution in [0.1, 0.15) is 18.7 Å². The summed E-state index contributed by atoms with van der Waals surface area (Å²) in [4.78, 5) is 37.7. The Labute approximate surface area is 164 Å². The second kappa shape index (κ2) is 7.58. The lowest BCUT2D eigenvalue weighted by molar-refractivity contribution is -0.139. The number of benzene rings is 1. The molecule has 10 heteroatoms. The van der Waals surface area contributed by atoms with Gasteiger partial charge in [-0.15, -0.1) is 5.10 Å². The van der Waals surface area contributed by atoms with Crippen LogP contribution in [0.2, 0.25) is 0 Å². The molecule has 0 saturated heterocycles. The minimum atomic E-state index is -0.864. The van der Waals surface area contributed by atoms with E-state index in [1.807, 2.05) is 0 Å². The van der Waals surface area contributed by atoms with E-state index in [4.69, 9.17) is 9.15 Å². The average molecular weight is 395 g/mol. The van der Waals surface area contributed by atoms with Crippen LogP contribution in [0, 0.1) is 0 Å². The molecule has 0 saturated carbocycles. The van der Waals surface area contributed by atoms with Crippen LogP contribution in [0.4, 0.5) is 4.79 Å². The number of ether oxygens (including phenoxy) is 1. The predicted molar refractivity (Wildman–Crippen MR) is 101 cm³/mol. The molecule has 10 nitrogen and oxygen atoms in total. The second-order valence-corrected chi connectivity index (χ2v) is 6.23. The first-order valence-electron chi connectivity index (χ1n) is 8.92. The number of hydrogen-bond acceptors (Lipinski definition) is 7. The smallest absolute Gasteiger partial charge is 0.338 e. The van der Waals surface area contributed by atoms with E-state index in [0.29, 0.717) is 16.7 Å². The quantitative estimate of drug-likeness (QED) is 0.622. The van der Waals surface area contributed by atoms with Crippen LogP contribution < -0.4 is 16.2 Å². The molecule has 1 aliphatic rings. The summed E-state index contributed by atoms with van der Waals surface area (Å²) in [6.45, 7) is 1.65. The standard InChI is InChI=1S/C19H17N5O5/c1-2-28-18(26)15-13(20-19(27)21-16(15)14-8-5-9-29-14)10-24-17(25)11-6-3-4-7-12(11)22-23-24/h3-9,16H,2,10H2,1H3,(H2,20,21,27)/t16-/m1/s1. The fourth-order valence-corrected chi connectivity index (χ4v) is 3.14. The number of nitrogens with zero attached hydrogens (tertiary/aromatic N) is 3. The predicted octanol–water partition coefficient (Wildman–Crippen LogP) is 1.26. The molecule has 2 amide bonds. The maximum atomic E-state index is 12.8. The highest BCUT2D eigenvalue weighted by molar-refractivity contribution is 5.95. The highest BCUT2D eigenvalue weighted by Gasteiger charge is 2.35. The van der Waals surface area contributed by atoms with Crippen molar-refractivity contribution >= 4 is 22.9 Å². The monoisotopic (exact) mass is 395 g/mol. The van der Waals surface area contributed by atoms with E-state index in [9.17, 15) is 14.4 Å². The Balaban J connectivity index is 1.82. The third-order valence-corrected chi connectivity index (χ3v) is 4.41. The molecule has 0 bridgehead atoms. The number of carbonyl (C=O) groups is 2. The molecule has 2 aromatic heterocycles. The van der Waals surface area contributed by atoms with Crippen LogP contribution in [0.3, 0.4) is 0 Å². The number of amides is 2. The van der Waals surface area contributed by atoms with Gasteiger partial charge < -0.3 is 19.8 Å². The van der Waals surface area contributed by atoms with Crippen molar-refractivity contribution in [1.82, 2.24) is 25.6 Å². The highest BCUT2D eigenvalue weighted by atomic mass is 16.5. The normalized spacial score (nSPS) is 16.4. The molecule has 3 heterocycles. The molecule has 1 aromatic carbocycles. The molecule has 3 aromatic rings. The minimum Gasteiger partial charge on any atom is -0.467 e. The summed E-state index contributed by atoms with van der Waals surface area (Å²) in [6.07, 6.45) is 1.44. The molecule has 1 atom stereocenters. The van der Waals surface area contributed by atoms with E-state index in [0.717, 1.165) is 4.68 Å². The summed E-state index contributed by atoms with van der Waals surface area (Å²) >= 11 is 0. The lowest BCUT2D eigenvalue weighted by Crippen LogP contribution is -2.47. The van der Waals surface area contributed by atoms with E-state index in [1.54, 1.807) is 43.3 Å². The van der Waals surface area contributed by atoms with Gasteiger partial charge in [-0.1, -0.05) is 17.3 Å². The third-order valence-electron chi connectivity index (χ3n) is 4.41. The number of hydrogen-bond donors (Lipinski definition) is 2. The molecule has 0 fully saturated rings. The number of carbonyl (C=O) groups excluding carboxylic acids is 2. The molecule has 2 N–H and O–H groups in total. The lowest BCUT2D eigenvalue weighted by Gasteiger charge is -2.27. The van der Waals surface area contributed by atoms with Crippen LogP contribution >= 0.6 is 0 Å². The number of aromatic nitrogens is 3. The Morgan fingerprint density at radius 3 is 2.83 bits per heavy atom. The Morgan fingerprint density at radius 1 is 1.24 bits per heavy atom. The molecule has 0 aliphatic carbocycles. The van der Waals surface area contributed by atoms with Gasteiger partial charge in [0.1, 0.15) is 17.3 Å². The lowest BCUT2D eigenvalue weighted by atomic mass is 10.00. The van der Waals surface area contributed by atoms with Crippen molar-refractivity contribution in [3.05, 3.63) is 70.0 Å². The van der Waals surface area contributed by atoms with Gasteiger partial charge in [0.2, 0.25) is 0 Å². The van der Waals surface area contributed by atoms with Gasteiger partial charge in [-0.05, 0) is 31.2 Å². The molecule has 0 spiro atoms. The van der Waals surface area contributed by atoms with Gasteiger partial charge in [-0.25, -0.2) is 14.3 Å². The second-order valence-electron chi connectivity index (χ2n) is 6.23. The van der Waals surface area contributed by atoms with E-state index in [-0.39, 0.29) is 24.4 Å². The fourth-order valence-electron chi connectivity index (χ4n) is 3.14. The molecular formula is C19H17N5O5. The number of esters is 1. The molecule has 0 unspecified atom stereocenters. The highest BCUT2D eigenvalue weighted by Crippen LogP contribution is 2.28. The summed E-state index contributed by atoms with van der Waals surface area (Å²) < 4.78 is 11.6. The van der Waals surface area contributed by atoms with Gasteiger partial charge >= 0.3 is 12.0 Å². The van der Waals surface area contributed by atoms with Crippen LogP contribution in [-0.4, -0.2) is 33.6 Å². The van der Waals surface area contributed by atoms with E-state index in [1.165, 1.54) is 6.26 Å². The SMILES string of the molecule is CCOC(=O)C1=C(Cn2nnc3ccccc3c2=O)NC(=O)N[C@@H]1c1ccco1. The van der Waals surface area contributed by atoms with E-state index in [2.05, 4.69) is 20.9 Å². The van der Waals surface area contributed by atoms with Gasteiger partial charge in [-0.2, -0.15) is 0 Å². The third kappa shape index (κ3) is 3.47. The van der Waals surface area contributed by atoms with Gasteiger partial charge in [-0.3, -0.25) is 4.79 Å².